The van der Waals surface area contributed by atoms with Crippen LogP contribution in [0.2, 0.25) is 0 Å². The Labute approximate surface area is 144 Å². The second kappa shape index (κ2) is 7.25. The predicted octanol–water partition coefficient (Wildman–Crippen LogP) is 1.40. The van der Waals surface area contributed by atoms with E-state index < -0.39 is 18.5 Å². The number of carbonyl (C=O) groups excluding carboxylic acids is 2. The lowest BCUT2D eigenvalue weighted by Gasteiger charge is -2.26. The van der Waals surface area contributed by atoms with Crippen molar-refractivity contribution in [3.8, 4) is 11.5 Å². The normalized spacial score (nSPS) is 15.5. The van der Waals surface area contributed by atoms with E-state index in [9.17, 15) is 9.59 Å². The van der Waals surface area contributed by atoms with Gasteiger partial charge in [-0.2, -0.15) is 0 Å². The lowest BCUT2D eigenvalue weighted by Crippen LogP contribution is -2.42. The summed E-state index contributed by atoms with van der Waals surface area (Å²) in [5, 5.41) is 6.33. The highest BCUT2D eigenvalue weighted by molar-refractivity contribution is 5.93. The van der Waals surface area contributed by atoms with E-state index in [-0.39, 0.29) is 18.2 Å². The van der Waals surface area contributed by atoms with Crippen molar-refractivity contribution < 1.29 is 28.3 Å². The van der Waals surface area contributed by atoms with Crippen molar-refractivity contribution in [2.45, 2.75) is 20.0 Å². The van der Waals surface area contributed by atoms with Crippen LogP contribution in [0.4, 0.5) is 0 Å². The van der Waals surface area contributed by atoms with E-state index in [1.807, 2.05) is 18.2 Å². The minimum Gasteiger partial charge on any atom is -0.486 e. The summed E-state index contributed by atoms with van der Waals surface area (Å²) in [7, 11) is 0. The minimum atomic E-state index is -0.641. The Morgan fingerprint density at radius 1 is 1.28 bits per heavy atom. The Kier molecular flexibility index (Phi) is 4.87. The van der Waals surface area contributed by atoms with Crippen LogP contribution in [0.5, 0.6) is 11.5 Å². The molecule has 1 amide bonds. The van der Waals surface area contributed by atoms with Crippen molar-refractivity contribution in [1.29, 1.82) is 0 Å². The fourth-order valence-corrected chi connectivity index (χ4v) is 2.42. The number of hydrogen-bond acceptors (Lipinski definition) is 7. The smallest absolute Gasteiger partial charge is 0.344 e. The summed E-state index contributed by atoms with van der Waals surface area (Å²) in [5.41, 5.74) is 0.669. The average Bonchev–Trinajstić information content (AvgIpc) is 2.96. The first-order valence-electron chi connectivity index (χ1n) is 7.79. The Morgan fingerprint density at radius 2 is 2.04 bits per heavy atom. The van der Waals surface area contributed by atoms with Crippen LogP contribution in [0.1, 0.15) is 21.8 Å². The molecule has 1 aromatic heterocycles. The van der Waals surface area contributed by atoms with E-state index in [0.717, 1.165) is 0 Å². The van der Waals surface area contributed by atoms with Gasteiger partial charge in [0.1, 0.15) is 24.0 Å². The number of aryl methyl sites for hydroxylation is 2. The number of fused-ring (bicyclic) bond motifs is 1. The maximum Gasteiger partial charge on any atom is 0.344 e. The molecular weight excluding hydrogens is 328 g/mol. The molecular formula is C17H18N2O6. The molecule has 0 saturated heterocycles. The van der Waals surface area contributed by atoms with Gasteiger partial charge < -0.3 is 24.1 Å². The summed E-state index contributed by atoms with van der Waals surface area (Å²) in [4.78, 5) is 23.8. The second-order valence-electron chi connectivity index (χ2n) is 5.58. The Bertz CT molecular complexity index is 766. The number of rotatable bonds is 5. The van der Waals surface area contributed by atoms with Crippen molar-refractivity contribution >= 4 is 11.9 Å². The van der Waals surface area contributed by atoms with E-state index >= 15 is 0 Å². The summed E-state index contributed by atoms with van der Waals surface area (Å²) in [6.45, 7) is 3.42. The third-order valence-electron chi connectivity index (χ3n) is 3.67. The molecule has 2 aromatic rings. The van der Waals surface area contributed by atoms with Crippen LogP contribution < -0.4 is 14.8 Å². The van der Waals surface area contributed by atoms with Gasteiger partial charge in [0.05, 0.1) is 12.2 Å². The molecule has 8 nitrogen and oxygen atoms in total. The zero-order chi connectivity index (χ0) is 17.8. The Balaban J connectivity index is 1.44. The van der Waals surface area contributed by atoms with Crippen LogP contribution in [-0.4, -0.2) is 42.9 Å². The zero-order valence-electron chi connectivity index (χ0n) is 13.9. The molecule has 25 heavy (non-hydrogen) atoms. The molecule has 0 aliphatic carbocycles. The lowest BCUT2D eigenvalue weighted by molar-refractivity contribution is -0.124. The number of hydrogen-bond donors (Lipinski definition) is 1. The molecule has 1 N–H and O–H groups in total. The van der Waals surface area contributed by atoms with Gasteiger partial charge in [-0.25, -0.2) is 4.79 Å². The zero-order valence-corrected chi connectivity index (χ0v) is 13.9. The summed E-state index contributed by atoms with van der Waals surface area (Å²) < 4.78 is 21.2. The summed E-state index contributed by atoms with van der Waals surface area (Å²) >= 11 is 0. The van der Waals surface area contributed by atoms with Crippen molar-refractivity contribution in [1.82, 2.24) is 10.5 Å². The number of carbonyl (C=O) groups is 2. The Morgan fingerprint density at radius 3 is 2.76 bits per heavy atom. The van der Waals surface area contributed by atoms with Crippen LogP contribution in [0.15, 0.2) is 28.8 Å². The van der Waals surface area contributed by atoms with Gasteiger partial charge in [-0.05, 0) is 26.0 Å². The van der Waals surface area contributed by atoms with E-state index in [2.05, 4.69) is 10.5 Å². The molecule has 0 unspecified atom stereocenters. The van der Waals surface area contributed by atoms with E-state index in [4.69, 9.17) is 18.7 Å². The maximum absolute atomic E-state index is 11.9. The minimum absolute atomic E-state index is 0.244. The lowest BCUT2D eigenvalue weighted by atomic mass is 10.2. The number of benzene rings is 1. The van der Waals surface area contributed by atoms with E-state index in [0.29, 0.717) is 29.6 Å². The standard InChI is InChI=1S/C17H18N2O6/c1-10-16(11(2)25-19-10)17(21)23-9-15(20)18-7-12-8-22-13-5-3-4-6-14(13)24-12/h3-6,12H,7-9H2,1-2H3,(H,18,20)/t12-/m0/s1. The van der Waals surface area contributed by atoms with Crippen LogP contribution in [0.3, 0.4) is 0 Å². The monoisotopic (exact) mass is 346 g/mol. The second-order valence-corrected chi connectivity index (χ2v) is 5.58. The highest BCUT2D eigenvalue weighted by Gasteiger charge is 2.22. The van der Waals surface area contributed by atoms with E-state index in [1.165, 1.54) is 0 Å². The molecule has 0 fully saturated rings. The highest BCUT2D eigenvalue weighted by atomic mass is 16.6. The highest BCUT2D eigenvalue weighted by Crippen LogP contribution is 2.30. The molecule has 0 saturated carbocycles. The molecule has 0 spiro atoms. The van der Waals surface area contributed by atoms with Gasteiger partial charge in [0.2, 0.25) is 0 Å². The van der Waals surface area contributed by atoms with Gasteiger partial charge in [0, 0.05) is 0 Å². The number of esters is 1. The van der Waals surface area contributed by atoms with Crippen LogP contribution in [-0.2, 0) is 9.53 Å². The number of ether oxygens (including phenoxy) is 3. The number of amides is 1. The van der Waals surface area contributed by atoms with Crippen molar-refractivity contribution in [3.63, 3.8) is 0 Å². The molecule has 1 atom stereocenters. The molecule has 1 aromatic carbocycles. The fraction of sp³-hybridized carbons (Fsp3) is 0.353. The van der Waals surface area contributed by atoms with Crippen molar-refractivity contribution in [2.75, 3.05) is 19.8 Å². The number of nitrogens with zero attached hydrogens (tertiary/aromatic N) is 1. The summed E-state index contributed by atoms with van der Waals surface area (Å²) in [6.07, 6.45) is -0.308. The molecule has 132 valence electrons. The van der Waals surface area contributed by atoms with Crippen molar-refractivity contribution in [3.05, 3.63) is 41.3 Å². The molecule has 2 heterocycles. The SMILES string of the molecule is Cc1noc(C)c1C(=O)OCC(=O)NC[C@H]1COc2ccccc2O1. The topological polar surface area (TPSA) is 99.9 Å². The molecule has 1 aliphatic rings. The Hall–Kier alpha value is -3.03. The third-order valence-corrected chi connectivity index (χ3v) is 3.67. The summed E-state index contributed by atoms with van der Waals surface area (Å²) in [6, 6.07) is 7.32. The molecule has 3 rings (SSSR count). The van der Waals surface area contributed by atoms with E-state index in [1.54, 1.807) is 19.9 Å². The average molecular weight is 346 g/mol. The van der Waals surface area contributed by atoms with Crippen molar-refractivity contribution in [2.24, 2.45) is 0 Å². The van der Waals surface area contributed by atoms with Crippen LogP contribution >= 0.6 is 0 Å². The third kappa shape index (κ3) is 3.90. The molecule has 0 radical (unpaired) electrons. The molecule has 1 aliphatic heterocycles. The van der Waals surface area contributed by atoms with Gasteiger partial charge in [-0.15, -0.1) is 0 Å². The van der Waals surface area contributed by atoms with Gasteiger partial charge in [-0.1, -0.05) is 17.3 Å². The number of aromatic nitrogens is 1. The van der Waals surface area contributed by atoms with Gasteiger partial charge in [-0.3, -0.25) is 4.79 Å². The van der Waals surface area contributed by atoms with Gasteiger partial charge in [0.15, 0.2) is 18.1 Å². The summed E-state index contributed by atoms with van der Waals surface area (Å²) in [5.74, 6) is 0.603. The van der Waals surface area contributed by atoms with Crippen LogP contribution in [0, 0.1) is 13.8 Å². The van der Waals surface area contributed by atoms with Gasteiger partial charge in [0.25, 0.3) is 5.91 Å². The first kappa shape index (κ1) is 16.8. The fourth-order valence-electron chi connectivity index (χ4n) is 2.42. The quantitative estimate of drug-likeness (QED) is 0.817. The molecule has 8 heteroatoms. The van der Waals surface area contributed by atoms with Gasteiger partial charge >= 0.3 is 5.97 Å². The largest absolute Gasteiger partial charge is 0.486 e. The first-order chi connectivity index (χ1) is 12.0. The first-order valence-corrected chi connectivity index (χ1v) is 7.79. The molecule has 0 bridgehead atoms. The predicted molar refractivity (Wildman–Crippen MR) is 85.6 cm³/mol. The number of para-hydroxylation sites is 2. The maximum atomic E-state index is 11.9. The van der Waals surface area contributed by atoms with Crippen LogP contribution in [0.25, 0.3) is 0 Å². The number of nitrogens with one attached hydrogen (secondary N) is 1.